The Morgan fingerprint density at radius 2 is 0.983 bits per heavy atom. The first kappa shape index (κ1) is 37.7. The zero-order valence-electron chi connectivity index (χ0n) is 35.1. The molecule has 0 unspecified atom stereocenters. The monoisotopic (exact) mass is 756 g/mol. The van der Waals surface area contributed by atoms with E-state index in [2.05, 4.69) is 209 Å². The molecular formula is C56H56N2. The van der Waals surface area contributed by atoms with E-state index in [4.69, 9.17) is 0 Å². The fourth-order valence-corrected chi connectivity index (χ4v) is 9.30. The van der Waals surface area contributed by atoms with E-state index in [1.54, 1.807) is 0 Å². The summed E-state index contributed by atoms with van der Waals surface area (Å²) in [5.74, 6) is 0. The second-order valence-corrected chi connectivity index (χ2v) is 17.1. The number of hydrogen-bond donors (Lipinski definition) is 0. The predicted molar refractivity (Wildman–Crippen MR) is 250 cm³/mol. The normalized spacial score (nSPS) is 12.8. The molecule has 7 aromatic carbocycles. The molecule has 0 spiro atoms. The second kappa shape index (κ2) is 15.1. The largest absolute Gasteiger partial charge is 0.336 e. The van der Waals surface area contributed by atoms with Crippen LogP contribution >= 0.6 is 0 Å². The van der Waals surface area contributed by atoms with Crippen molar-refractivity contribution in [3.63, 3.8) is 0 Å². The van der Waals surface area contributed by atoms with Crippen LogP contribution in [0.4, 0.5) is 11.4 Å². The van der Waals surface area contributed by atoms with Crippen LogP contribution in [0.15, 0.2) is 158 Å². The number of aromatic nitrogens is 1. The van der Waals surface area contributed by atoms with E-state index in [1.165, 1.54) is 102 Å². The summed E-state index contributed by atoms with van der Waals surface area (Å²) in [5.41, 5.74) is 18.2. The van der Waals surface area contributed by atoms with Gasteiger partial charge in [-0.1, -0.05) is 132 Å². The minimum absolute atomic E-state index is 0.0392. The van der Waals surface area contributed by atoms with Crippen molar-refractivity contribution in [3.8, 4) is 39.1 Å². The number of aryl methyl sites for hydroxylation is 2. The van der Waals surface area contributed by atoms with Crippen molar-refractivity contribution in [2.24, 2.45) is 0 Å². The zero-order valence-corrected chi connectivity index (χ0v) is 35.1. The Balaban J connectivity index is 1.11. The predicted octanol–water partition coefficient (Wildman–Crippen LogP) is 15.7. The molecule has 0 fully saturated rings. The van der Waals surface area contributed by atoms with Crippen LogP contribution in [0, 0.1) is 0 Å². The molecule has 9 rings (SSSR count). The summed E-state index contributed by atoms with van der Waals surface area (Å²) in [5, 5.41) is 2.54. The lowest BCUT2D eigenvalue weighted by atomic mass is 9.77. The van der Waals surface area contributed by atoms with Gasteiger partial charge in [0, 0.05) is 33.4 Å². The summed E-state index contributed by atoms with van der Waals surface area (Å²) < 4.78 is 2.42. The fourth-order valence-electron chi connectivity index (χ4n) is 9.30. The molecule has 0 bridgehead atoms. The first-order valence-electron chi connectivity index (χ1n) is 21.6. The van der Waals surface area contributed by atoms with E-state index >= 15 is 0 Å². The number of anilines is 2. The topological polar surface area (TPSA) is 8.17 Å². The molecule has 0 saturated heterocycles. The highest BCUT2D eigenvalue weighted by atomic mass is 15.2. The van der Waals surface area contributed by atoms with Gasteiger partial charge >= 0.3 is 0 Å². The van der Waals surface area contributed by atoms with Crippen LogP contribution in [0.1, 0.15) is 83.9 Å². The van der Waals surface area contributed by atoms with Gasteiger partial charge in [0.1, 0.15) is 0 Å². The zero-order chi connectivity index (χ0) is 40.0. The molecule has 0 radical (unpaired) electrons. The van der Waals surface area contributed by atoms with Crippen molar-refractivity contribution >= 4 is 33.2 Å². The number of hydrogen-bond acceptors (Lipinski definition) is 1. The molecule has 2 heteroatoms. The van der Waals surface area contributed by atoms with Crippen molar-refractivity contribution in [2.75, 3.05) is 4.90 Å². The number of fused-ring (bicyclic) bond motifs is 4. The van der Waals surface area contributed by atoms with Gasteiger partial charge < -0.3 is 9.47 Å². The summed E-state index contributed by atoms with van der Waals surface area (Å²) in [6.07, 6.45) is 6.76. The summed E-state index contributed by atoms with van der Waals surface area (Å²) in [7, 11) is 0. The van der Waals surface area contributed by atoms with Crippen LogP contribution < -0.4 is 4.90 Å². The van der Waals surface area contributed by atoms with Crippen molar-refractivity contribution in [1.29, 1.82) is 0 Å². The molecule has 0 amide bonds. The first-order chi connectivity index (χ1) is 28.3. The molecular weight excluding hydrogens is 701 g/mol. The van der Waals surface area contributed by atoms with Gasteiger partial charge in [0.2, 0.25) is 0 Å². The smallest absolute Gasteiger partial charge is 0.0541 e. The van der Waals surface area contributed by atoms with Crippen LogP contribution in [0.5, 0.6) is 0 Å². The number of rotatable bonds is 12. The Bertz CT molecular complexity index is 2720. The van der Waals surface area contributed by atoms with Gasteiger partial charge in [0.25, 0.3) is 0 Å². The maximum Gasteiger partial charge on any atom is 0.0541 e. The van der Waals surface area contributed by atoms with E-state index in [9.17, 15) is 0 Å². The second-order valence-electron chi connectivity index (χ2n) is 17.1. The lowest BCUT2D eigenvalue weighted by molar-refractivity contribution is 0.428. The molecule has 0 N–H and O–H groups in total. The fraction of sp³-hybridized carbons (Fsp3) is 0.250. The Hall–Kier alpha value is -5.86. The molecule has 0 atom stereocenters. The molecule has 1 aliphatic rings. The molecule has 0 aliphatic heterocycles. The Morgan fingerprint density at radius 3 is 1.53 bits per heavy atom. The van der Waals surface area contributed by atoms with E-state index in [0.29, 0.717) is 0 Å². The Labute approximate surface area is 345 Å². The molecule has 1 heterocycles. The number of para-hydroxylation sites is 1. The van der Waals surface area contributed by atoms with Crippen molar-refractivity contribution < 1.29 is 0 Å². The summed E-state index contributed by atoms with van der Waals surface area (Å²) in [4.78, 5) is 2.58. The third-order valence-electron chi connectivity index (χ3n) is 14.1. The lowest BCUT2D eigenvalue weighted by Crippen LogP contribution is -2.42. The SMILES string of the molecule is CCC(C)(CC)c1ccc(-c2ccc3c(c2)c2cc(-c4ccc(N(c5cccc(-c6ccc7c(c6)CC7)c5)C(C)(CC)CC)cc4)ccc2n3-c2ccccc2)cc1. The van der Waals surface area contributed by atoms with Crippen LogP contribution in [-0.4, -0.2) is 10.1 Å². The quantitative estimate of drug-likeness (QED) is 0.121. The Morgan fingerprint density at radius 1 is 0.448 bits per heavy atom. The molecule has 2 nitrogen and oxygen atoms in total. The van der Waals surface area contributed by atoms with Crippen LogP contribution in [0.3, 0.4) is 0 Å². The van der Waals surface area contributed by atoms with Gasteiger partial charge in [-0.3, -0.25) is 0 Å². The highest BCUT2D eigenvalue weighted by molar-refractivity contribution is 6.11. The third-order valence-corrected chi connectivity index (χ3v) is 14.1. The van der Waals surface area contributed by atoms with Gasteiger partial charge in [-0.05, 0) is 162 Å². The Kier molecular flexibility index (Phi) is 9.84. The van der Waals surface area contributed by atoms with Gasteiger partial charge in [-0.15, -0.1) is 0 Å². The van der Waals surface area contributed by atoms with Crippen molar-refractivity contribution in [3.05, 3.63) is 174 Å². The maximum atomic E-state index is 2.58. The van der Waals surface area contributed by atoms with E-state index < -0.39 is 0 Å². The van der Waals surface area contributed by atoms with Gasteiger partial charge in [0.15, 0.2) is 0 Å². The van der Waals surface area contributed by atoms with Crippen LogP contribution in [0.2, 0.25) is 0 Å². The van der Waals surface area contributed by atoms with Crippen LogP contribution in [0.25, 0.3) is 60.9 Å². The van der Waals surface area contributed by atoms with E-state index in [-0.39, 0.29) is 11.0 Å². The molecule has 58 heavy (non-hydrogen) atoms. The third kappa shape index (κ3) is 6.53. The summed E-state index contributed by atoms with van der Waals surface area (Å²) >= 11 is 0. The minimum atomic E-state index is -0.0392. The average Bonchev–Trinajstić information content (AvgIpc) is 3.60. The average molecular weight is 757 g/mol. The molecule has 1 aromatic heterocycles. The van der Waals surface area contributed by atoms with Crippen molar-refractivity contribution in [1.82, 2.24) is 4.57 Å². The molecule has 1 aliphatic carbocycles. The number of benzene rings is 7. The minimum Gasteiger partial charge on any atom is -0.336 e. The summed E-state index contributed by atoms with van der Waals surface area (Å²) in [6.45, 7) is 14.0. The summed E-state index contributed by atoms with van der Waals surface area (Å²) in [6, 6.07) is 59.6. The molecule has 290 valence electrons. The molecule has 8 aromatic rings. The van der Waals surface area contributed by atoms with E-state index in [1.807, 2.05) is 0 Å². The van der Waals surface area contributed by atoms with Gasteiger partial charge in [-0.25, -0.2) is 0 Å². The molecule has 0 saturated carbocycles. The van der Waals surface area contributed by atoms with Crippen LogP contribution in [-0.2, 0) is 18.3 Å². The van der Waals surface area contributed by atoms with Crippen molar-refractivity contribution in [2.45, 2.75) is 91.0 Å². The highest BCUT2D eigenvalue weighted by Gasteiger charge is 2.30. The highest BCUT2D eigenvalue weighted by Crippen LogP contribution is 2.42. The van der Waals surface area contributed by atoms with E-state index in [0.717, 1.165) is 25.7 Å². The first-order valence-corrected chi connectivity index (χ1v) is 21.6. The number of nitrogens with zero attached hydrogens (tertiary/aromatic N) is 2. The maximum absolute atomic E-state index is 2.58. The van der Waals surface area contributed by atoms with Gasteiger partial charge in [-0.2, -0.15) is 0 Å². The van der Waals surface area contributed by atoms with Gasteiger partial charge in [0.05, 0.1) is 11.0 Å². The standard InChI is InChI=1S/C56H56N2/c1-7-55(5,8-2)47-29-23-40(24-30-47)45-27-33-53-51(37-45)52-38-46(28-34-54(52)57(53)48-16-12-11-13-17-48)41-25-31-49(32-26-41)58(56(6,9-3)10-4)50-18-14-15-42(36-50)44-22-20-39-19-21-43(39)35-44/h11-18,20,22-38H,7-10,19,21H2,1-6H3. The lowest BCUT2D eigenvalue weighted by Gasteiger charge is -2.42.